The highest BCUT2D eigenvalue weighted by atomic mass is 16.5. The van der Waals surface area contributed by atoms with Gasteiger partial charge in [-0.15, -0.1) is 0 Å². The molecule has 0 aliphatic heterocycles. The number of rotatable bonds is 4. The van der Waals surface area contributed by atoms with Gasteiger partial charge in [0, 0.05) is 32.8 Å². The van der Waals surface area contributed by atoms with Gasteiger partial charge in [0.15, 0.2) is 5.88 Å². The topological polar surface area (TPSA) is 43.3 Å². The van der Waals surface area contributed by atoms with Gasteiger partial charge in [-0.3, -0.25) is 4.79 Å². The molecular formula is C10H16N2O2. The van der Waals surface area contributed by atoms with Gasteiger partial charge in [0.05, 0.1) is 7.11 Å². The Kier molecular flexibility index (Phi) is 3.56. The number of ether oxygens (including phenoxy) is 1. The van der Waals surface area contributed by atoms with Gasteiger partial charge >= 0.3 is 0 Å². The molecule has 1 N–H and O–H groups in total. The highest BCUT2D eigenvalue weighted by molar-refractivity contribution is 5.72. The van der Waals surface area contributed by atoms with E-state index >= 15 is 0 Å². The van der Waals surface area contributed by atoms with Crippen molar-refractivity contribution in [3.05, 3.63) is 17.8 Å². The van der Waals surface area contributed by atoms with E-state index in [1.807, 2.05) is 23.9 Å². The summed E-state index contributed by atoms with van der Waals surface area (Å²) in [6.45, 7) is 2.19. The Bertz CT molecular complexity index is 318. The van der Waals surface area contributed by atoms with Crippen LogP contribution in [-0.4, -0.2) is 24.1 Å². The zero-order chi connectivity index (χ0) is 10.6. The fourth-order valence-corrected chi connectivity index (χ4v) is 1.33. The average molecular weight is 196 g/mol. The molecule has 0 aliphatic carbocycles. The van der Waals surface area contributed by atoms with Crippen molar-refractivity contribution < 1.29 is 9.53 Å². The summed E-state index contributed by atoms with van der Waals surface area (Å²) in [5.41, 5.74) is 1.16. The molecule has 0 aliphatic rings. The van der Waals surface area contributed by atoms with Crippen LogP contribution < -0.4 is 10.1 Å². The fraction of sp³-hybridized carbons (Fsp3) is 0.500. The van der Waals surface area contributed by atoms with Crippen molar-refractivity contribution in [1.82, 2.24) is 9.88 Å². The van der Waals surface area contributed by atoms with Gasteiger partial charge < -0.3 is 14.6 Å². The van der Waals surface area contributed by atoms with Crippen molar-refractivity contribution in [3.8, 4) is 5.88 Å². The lowest BCUT2D eigenvalue weighted by atomic mass is 10.2. The van der Waals surface area contributed by atoms with E-state index in [1.54, 1.807) is 7.11 Å². The van der Waals surface area contributed by atoms with Gasteiger partial charge in [0.2, 0.25) is 5.91 Å². The fourth-order valence-electron chi connectivity index (χ4n) is 1.33. The van der Waals surface area contributed by atoms with Crippen LogP contribution >= 0.6 is 0 Å². The molecule has 0 radical (unpaired) electrons. The van der Waals surface area contributed by atoms with E-state index in [4.69, 9.17) is 4.74 Å². The number of carbonyl (C=O) groups is 1. The van der Waals surface area contributed by atoms with E-state index in [0.29, 0.717) is 6.54 Å². The quantitative estimate of drug-likeness (QED) is 0.770. The maximum Gasteiger partial charge on any atom is 0.216 e. The second-order valence-electron chi connectivity index (χ2n) is 3.23. The average Bonchev–Trinajstić information content (AvgIpc) is 2.45. The molecule has 0 saturated heterocycles. The second-order valence-corrected chi connectivity index (χ2v) is 3.23. The van der Waals surface area contributed by atoms with Gasteiger partial charge in [0.1, 0.15) is 0 Å². The van der Waals surface area contributed by atoms with E-state index in [-0.39, 0.29) is 5.91 Å². The van der Waals surface area contributed by atoms with Crippen molar-refractivity contribution in [2.24, 2.45) is 7.05 Å². The van der Waals surface area contributed by atoms with Crippen LogP contribution in [-0.2, 0) is 18.3 Å². The van der Waals surface area contributed by atoms with Crippen molar-refractivity contribution in [2.75, 3.05) is 13.7 Å². The minimum absolute atomic E-state index is 0.00731. The molecule has 0 saturated carbocycles. The Hall–Kier alpha value is -1.45. The third-order valence-electron chi connectivity index (χ3n) is 2.01. The number of amides is 1. The Balaban J connectivity index is 2.47. The lowest BCUT2D eigenvalue weighted by Gasteiger charge is -1.98. The zero-order valence-electron chi connectivity index (χ0n) is 8.83. The Morgan fingerprint density at radius 2 is 2.36 bits per heavy atom. The Morgan fingerprint density at radius 1 is 1.64 bits per heavy atom. The standard InChI is InChI=1S/C10H16N2O2/c1-8(13)11-5-4-9-6-10(14-3)12(2)7-9/h6-7H,4-5H2,1-3H3,(H,11,13). The first kappa shape index (κ1) is 10.6. The van der Waals surface area contributed by atoms with Gasteiger partial charge in [-0.1, -0.05) is 0 Å². The van der Waals surface area contributed by atoms with E-state index in [0.717, 1.165) is 17.9 Å². The van der Waals surface area contributed by atoms with Crippen molar-refractivity contribution >= 4 is 5.91 Å². The number of hydrogen-bond acceptors (Lipinski definition) is 2. The summed E-state index contributed by atoms with van der Waals surface area (Å²) in [5, 5.41) is 2.75. The van der Waals surface area contributed by atoms with Gasteiger partial charge in [-0.25, -0.2) is 0 Å². The predicted octanol–water partition coefficient (Wildman–Crippen LogP) is 0.712. The molecule has 1 amide bonds. The number of hydrogen-bond donors (Lipinski definition) is 1. The molecule has 1 heterocycles. The maximum absolute atomic E-state index is 10.6. The van der Waals surface area contributed by atoms with Crippen molar-refractivity contribution in [2.45, 2.75) is 13.3 Å². The van der Waals surface area contributed by atoms with Gasteiger partial charge in [0.25, 0.3) is 0 Å². The lowest BCUT2D eigenvalue weighted by Crippen LogP contribution is -2.22. The summed E-state index contributed by atoms with van der Waals surface area (Å²) in [4.78, 5) is 10.6. The Morgan fingerprint density at radius 3 is 2.86 bits per heavy atom. The highest BCUT2D eigenvalue weighted by Crippen LogP contribution is 2.14. The van der Waals surface area contributed by atoms with Crippen LogP contribution in [0.5, 0.6) is 5.88 Å². The predicted molar refractivity (Wildman–Crippen MR) is 54.4 cm³/mol. The zero-order valence-corrected chi connectivity index (χ0v) is 8.83. The van der Waals surface area contributed by atoms with Crippen LogP contribution in [0.1, 0.15) is 12.5 Å². The summed E-state index contributed by atoms with van der Waals surface area (Å²) in [6.07, 6.45) is 2.83. The van der Waals surface area contributed by atoms with Crippen LogP contribution in [0.25, 0.3) is 0 Å². The molecule has 0 unspecified atom stereocenters. The van der Waals surface area contributed by atoms with E-state index in [9.17, 15) is 4.79 Å². The van der Waals surface area contributed by atoms with E-state index in [1.165, 1.54) is 6.92 Å². The molecule has 4 heteroatoms. The normalized spacial score (nSPS) is 9.93. The SMILES string of the molecule is COc1cc(CCNC(C)=O)cn1C. The minimum Gasteiger partial charge on any atom is -0.482 e. The first-order valence-electron chi connectivity index (χ1n) is 4.57. The summed E-state index contributed by atoms with van der Waals surface area (Å²) >= 11 is 0. The summed E-state index contributed by atoms with van der Waals surface area (Å²) < 4.78 is 7.05. The van der Waals surface area contributed by atoms with Crippen LogP contribution in [0.3, 0.4) is 0 Å². The third kappa shape index (κ3) is 2.80. The van der Waals surface area contributed by atoms with Crippen LogP contribution in [0.2, 0.25) is 0 Å². The van der Waals surface area contributed by atoms with E-state index in [2.05, 4.69) is 5.32 Å². The molecule has 0 fully saturated rings. The lowest BCUT2D eigenvalue weighted by molar-refractivity contribution is -0.118. The number of aryl methyl sites for hydroxylation is 1. The number of carbonyl (C=O) groups excluding carboxylic acids is 1. The smallest absolute Gasteiger partial charge is 0.216 e. The molecule has 78 valence electrons. The first-order chi connectivity index (χ1) is 6.63. The van der Waals surface area contributed by atoms with E-state index < -0.39 is 0 Å². The molecule has 4 nitrogen and oxygen atoms in total. The number of nitrogens with one attached hydrogen (secondary N) is 1. The van der Waals surface area contributed by atoms with Gasteiger partial charge in [-0.2, -0.15) is 0 Å². The molecule has 14 heavy (non-hydrogen) atoms. The number of aromatic nitrogens is 1. The number of nitrogens with zero attached hydrogens (tertiary/aromatic N) is 1. The summed E-state index contributed by atoms with van der Waals surface area (Å²) in [6, 6.07) is 1.97. The summed E-state index contributed by atoms with van der Waals surface area (Å²) in [5.74, 6) is 0.843. The molecule has 1 aromatic heterocycles. The van der Waals surface area contributed by atoms with Crippen LogP contribution in [0.15, 0.2) is 12.3 Å². The molecule has 1 rings (SSSR count). The monoisotopic (exact) mass is 196 g/mol. The molecule has 0 spiro atoms. The van der Waals surface area contributed by atoms with Gasteiger partial charge in [-0.05, 0) is 12.0 Å². The number of methoxy groups -OCH3 is 1. The van der Waals surface area contributed by atoms with Crippen LogP contribution in [0.4, 0.5) is 0 Å². The summed E-state index contributed by atoms with van der Waals surface area (Å²) in [7, 11) is 3.58. The van der Waals surface area contributed by atoms with Crippen LogP contribution in [0, 0.1) is 0 Å². The maximum atomic E-state index is 10.6. The molecule has 1 aromatic rings. The molecule has 0 bridgehead atoms. The largest absolute Gasteiger partial charge is 0.482 e. The third-order valence-corrected chi connectivity index (χ3v) is 2.01. The van der Waals surface area contributed by atoms with Crippen molar-refractivity contribution in [3.63, 3.8) is 0 Å². The second kappa shape index (κ2) is 4.69. The molecular weight excluding hydrogens is 180 g/mol. The Labute approximate surface area is 83.9 Å². The van der Waals surface area contributed by atoms with Crippen molar-refractivity contribution in [1.29, 1.82) is 0 Å². The molecule has 0 aromatic carbocycles. The highest BCUT2D eigenvalue weighted by Gasteiger charge is 2.02. The minimum atomic E-state index is 0.00731. The first-order valence-corrected chi connectivity index (χ1v) is 4.57. The molecule has 0 atom stereocenters.